The molecule has 1 amide bonds. The highest BCUT2D eigenvalue weighted by atomic mass is 32.2. The van der Waals surface area contributed by atoms with Gasteiger partial charge in [-0.25, -0.2) is 4.98 Å². The Morgan fingerprint density at radius 2 is 2.17 bits per heavy atom. The lowest BCUT2D eigenvalue weighted by atomic mass is 10.2. The topological polar surface area (TPSA) is 86.5 Å². The molecule has 1 unspecified atom stereocenters. The van der Waals surface area contributed by atoms with Gasteiger partial charge in [-0.1, -0.05) is 17.8 Å². The highest BCUT2D eigenvalue weighted by Crippen LogP contribution is 2.20. The second-order valence-electron chi connectivity index (χ2n) is 6.07. The predicted octanol–water partition coefficient (Wildman–Crippen LogP) is 2.74. The molecule has 3 N–H and O–H groups in total. The summed E-state index contributed by atoms with van der Waals surface area (Å²) in [4.78, 5) is 19.8. The van der Waals surface area contributed by atoms with Gasteiger partial charge in [0.25, 0.3) is 0 Å². The van der Waals surface area contributed by atoms with Crippen LogP contribution >= 0.6 is 11.8 Å². The minimum Gasteiger partial charge on any atom is -0.353 e. The predicted molar refractivity (Wildman–Crippen MR) is 96.2 cm³/mol. The van der Waals surface area contributed by atoms with E-state index in [4.69, 9.17) is 0 Å². The average molecular weight is 343 g/mol. The van der Waals surface area contributed by atoms with Crippen molar-refractivity contribution in [2.45, 2.75) is 38.4 Å². The first-order valence-electron chi connectivity index (χ1n) is 7.89. The van der Waals surface area contributed by atoms with E-state index in [1.165, 1.54) is 17.3 Å². The number of carbonyl (C=O) groups excluding carboxylic acids is 1. The molecule has 2 aromatic heterocycles. The highest BCUT2D eigenvalue weighted by molar-refractivity contribution is 7.99. The van der Waals surface area contributed by atoms with Crippen LogP contribution in [0, 0.1) is 13.8 Å². The molecule has 24 heavy (non-hydrogen) atoms. The quantitative estimate of drug-likeness (QED) is 0.601. The van der Waals surface area contributed by atoms with Gasteiger partial charge < -0.3 is 10.3 Å². The maximum Gasteiger partial charge on any atom is 0.230 e. The van der Waals surface area contributed by atoms with Crippen LogP contribution in [0.1, 0.15) is 23.9 Å². The lowest BCUT2D eigenvalue weighted by Gasteiger charge is -2.11. The number of amides is 1. The van der Waals surface area contributed by atoms with E-state index in [1.54, 1.807) is 0 Å². The summed E-state index contributed by atoms with van der Waals surface area (Å²) in [6.45, 7) is 5.99. The molecule has 1 atom stereocenters. The van der Waals surface area contributed by atoms with E-state index in [1.807, 2.05) is 39.0 Å². The molecule has 3 aromatic rings. The number of aromatic nitrogens is 4. The van der Waals surface area contributed by atoms with Crippen LogP contribution in [-0.4, -0.2) is 37.9 Å². The number of H-pyrrole nitrogens is 2. The monoisotopic (exact) mass is 343 g/mol. The van der Waals surface area contributed by atoms with Crippen molar-refractivity contribution in [2.75, 3.05) is 5.75 Å². The average Bonchev–Trinajstić information content (AvgIpc) is 3.10. The van der Waals surface area contributed by atoms with Crippen LogP contribution in [0.3, 0.4) is 0 Å². The number of imidazole rings is 1. The zero-order valence-corrected chi connectivity index (χ0v) is 14.8. The first kappa shape index (κ1) is 16.6. The number of aryl methyl sites for hydroxylation is 2. The molecule has 0 spiro atoms. The lowest BCUT2D eigenvalue weighted by molar-refractivity contribution is -0.119. The van der Waals surface area contributed by atoms with Gasteiger partial charge >= 0.3 is 0 Å². The van der Waals surface area contributed by atoms with E-state index in [2.05, 4.69) is 31.5 Å². The molecule has 0 bridgehead atoms. The van der Waals surface area contributed by atoms with Gasteiger partial charge in [-0.2, -0.15) is 5.10 Å². The van der Waals surface area contributed by atoms with Gasteiger partial charge in [0.05, 0.1) is 22.5 Å². The van der Waals surface area contributed by atoms with Crippen LogP contribution in [0.4, 0.5) is 0 Å². The van der Waals surface area contributed by atoms with Gasteiger partial charge in [-0.05, 0) is 44.5 Å². The number of nitrogens with zero attached hydrogens (tertiary/aromatic N) is 2. The molecule has 0 radical (unpaired) electrons. The largest absolute Gasteiger partial charge is 0.353 e. The number of benzene rings is 1. The molecule has 1 aromatic carbocycles. The Bertz CT molecular complexity index is 854. The van der Waals surface area contributed by atoms with Crippen molar-refractivity contribution in [2.24, 2.45) is 0 Å². The summed E-state index contributed by atoms with van der Waals surface area (Å²) >= 11 is 1.41. The molecule has 7 heteroatoms. The molecule has 6 nitrogen and oxygen atoms in total. The minimum absolute atomic E-state index is 0.00334. The van der Waals surface area contributed by atoms with Crippen molar-refractivity contribution in [3.8, 4) is 0 Å². The van der Waals surface area contributed by atoms with Gasteiger partial charge in [-0.15, -0.1) is 0 Å². The number of hydrogen-bond acceptors (Lipinski definition) is 4. The highest BCUT2D eigenvalue weighted by Gasteiger charge is 2.11. The van der Waals surface area contributed by atoms with Crippen molar-refractivity contribution in [1.29, 1.82) is 0 Å². The van der Waals surface area contributed by atoms with Gasteiger partial charge in [-0.3, -0.25) is 9.89 Å². The van der Waals surface area contributed by atoms with E-state index in [-0.39, 0.29) is 11.9 Å². The van der Waals surface area contributed by atoms with Gasteiger partial charge in [0.15, 0.2) is 5.16 Å². The Labute approximate surface area is 144 Å². The summed E-state index contributed by atoms with van der Waals surface area (Å²) < 4.78 is 0. The number of carbonyl (C=O) groups is 1. The number of aromatic amines is 2. The fourth-order valence-corrected chi connectivity index (χ4v) is 3.26. The number of nitrogens with one attached hydrogen (secondary N) is 3. The molecule has 3 rings (SSSR count). The zero-order chi connectivity index (χ0) is 17.1. The fraction of sp³-hybridized carbons (Fsp3) is 0.353. The van der Waals surface area contributed by atoms with Gasteiger partial charge in [0.1, 0.15) is 0 Å². The summed E-state index contributed by atoms with van der Waals surface area (Å²) in [6.07, 6.45) is 0.713. The van der Waals surface area contributed by atoms with E-state index < -0.39 is 0 Å². The van der Waals surface area contributed by atoms with Crippen LogP contribution in [-0.2, 0) is 11.2 Å². The van der Waals surface area contributed by atoms with Gasteiger partial charge in [0, 0.05) is 18.2 Å². The Morgan fingerprint density at radius 1 is 1.33 bits per heavy atom. The molecule has 0 fully saturated rings. The third-order valence-electron chi connectivity index (χ3n) is 3.64. The van der Waals surface area contributed by atoms with Crippen molar-refractivity contribution in [3.63, 3.8) is 0 Å². The third-order valence-corrected chi connectivity index (χ3v) is 4.51. The minimum atomic E-state index is -0.00334. The Morgan fingerprint density at radius 3 is 2.92 bits per heavy atom. The van der Waals surface area contributed by atoms with Crippen LogP contribution in [0.15, 0.2) is 29.4 Å². The maximum absolute atomic E-state index is 12.1. The van der Waals surface area contributed by atoms with E-state index in [9.17, 15) is 4.79 Å². The number of rotatable bonds is 6. The molecule has 0 saturated carbocycles. The summed E-state index contributed by atoms with van der Waals surface area (Å²) in [6, 6.07) is 8.11. The third kappa shape index (κ3) is 4.17. The lowest BCUT2D eigenvalue weighted by Crippen LogP contribution is -2.35. The Balaban J connectivity index is 1.50. The number of fused-ring (bicyclic) bond motifs is 1. The molecule has 0 aliphatic carbocycles. The van der Waals surface area contributed by atoms with Gasteiger partial charge in [0.2, 0.25) is 5.91 Å². The van der Waals surface area contributed by atoms with Crippen LogP contribution < -0.4 is 5.32 Å². The summed E-state index contributed by atoms with van der Waals surface area (Å²) in [5.41, 5.74) is 5.09. The summed E-state index contributed by atoms with van der Waals surface area (Å²) in [5, 5.41) is 10.9. The summed E-state index contributed by atoms with van der Waals surface area (Å²) in [7, 11) is 0. The molecule has 2 heterocycles. The van der Waals surface area contributed by atoms with Crippen molar-refractivity contribution in [1.82, 2.24) is 25.5 Å². The smallest absolute Gasteiger partial charge is 0.230 e. The van der Waals surface area contributed by atoms with Crippen LogP contribution in [0.2, 0.25) is 0 Å². The normalized spacial score (nSPS) is 12.5. The number of hydrogen-bond donors (Lipinski definition) is 3. The SMILES string of the molecule is Cc1ccc2nc(SCC(=O)NC(C)Cc3cc(C)[nH]n3)[nH]c2c1. The van der Waals surface area contributed by atoms with Crippen molar-refractivity contribution < 1.29 is 4.79 Å². The van der Waals surface area contributed by atoms with Crippen molar-refractivity contribution in [3.05, 3.63) is 41.2 Å². The number of thioether (sulfide) groups is 1. The Kier molecular flexibility index (Phi) is 4.89. The van der Waals surface area contributed by atoms with E-state index >= 15 is 0 Å². The molecule has 0 aliphatic rings. The molecule has 0 saturated heterocycles. The van der Waals surface area contributed by atoms with E-state index in [0.29, 0.717) is 12.2 Å². The standard InChI is InChI=1S/C17H21N5OS/c1-10-4-5-14-15(6-10)20-17(19-14)24-9-16(23)18-11(2)7-13-8-12(3)21-22-13/h4-6,8,11H,7,9H2,1-3H3,(H,18,23)(H,19,20)(H,21,22). The maximum atomic E-state index is 12.1. The van der Waals surface area contributed by atoms with Crippen molar-refractivity contribution >= 4 is 28.7 Å². The molecule has 126 valence electrons. The second-order valence-corrected chi connectivity index (χ2v) is 7.03. The first-order chi connectivity index (χ1) is 11.5. The molecular weight excluding hydrogens is 322 g/mol. The fourth-order valence-electron chi connectivity index (χ4n) is 2.56. The zero-order valence-electron chi connectivity index (χ0n) is 14.0. The Hall–Kier alpha value is -2.28. The molecule has 0 aliphatic heterocycles. The second kappa shape index (κ2) is 7.09. The first-order valence-corrected chi connectivity index (χ1v) is 8.87. The van der Waals surface area contributed by atoms with Crippen LogP contribution in [0.25, 0.3) is 11.0 Å². The van der Waals surface area contributed by atoms with E-state index in [0.717, 1.165) is 27.6 Å². The van der Waals surface area contributed by atoms with Crippen LogP contribution in [0.5, 0.6) is 0 Å². The summed E-state index contributed by atoms with van der Waals surface area (Å²) in [5.74, 6) is 0.333. The molecular formula is C17H21N5OS.